The van der Waals surface area contributed by atoms with Crippen molar-refractivity contribution in [2.75, 3.05) is 32.7 Å². The Balaban J connectivity index is 1.99. The molecular weight excluding hydrogens is 236 g/mol. The predicted molar refractivity (Wildman–Crippen MR) is 78.9 cm³/mol. The standard InChI is InChI=1S/C16H24N2O/c1-12-10-13(2)16(14(3)11-12)15(19)4-7-18-8-5-17-6-9-18/h10-11,17H,4-9H2,1-3H3. The summed E-state index contributed by atoms with van der Waals surface area (Å²) in [4.78, 5) is 14.8. The molecule has 0 amide bonds. The lowest BCUT2D eigenvalue weighted by Crippen LogP contribution is -2.44. The van der Waals surface area contributed by atoms with Gasteiger partial charge in [0.1, 0.15) is 0 Å². The van der Waals surface area contributed by atoms with Crippen molar-refractivity contribution in [3.8, 4) is 0 Å². The van der Waals surface area contributed by atoms with Crippen LogP contribution in [0.2, 0.25) is 0 Å². The van der Waals surface area contributed by atoms with E-state index in [1.54, 1.807) is 0 Å². The van der Waals surface area contributed by atoms with E-state index in [0.29, 0.717) is 6.42 Å². The Morgan fingerprint density at radius 1 is 1.16 bits per heavy atom. The zero-order valence-corrected chi connectivity index (χ0v) is 12.3. The molecule has 1 fully saturated rings. The minimum atomic E-state index is 0.286. The summed E-state index contributed by atoms with van der Waals surface area (Å²) in [5.74, 6) is 0.286. The van der Waals surface area contributed by atoms with Gasteiger partial charge in [0.25, 0.3) is 0 Å². The number of nitrogens with zero attached hydrogens (tertiary/aromatic N) is 1. The van der Waals surface area contributed by atoms with Crippen LogP contribution >= 0.6 is 0 Å². The van der Waals surface area contributed by atoms with Gasteiger partial charge in [-0.1, -0.05) is 17.7 Å². The van der Waals surface area contributed by atoms with Gasteiger partial charge in [0.2, 0.25) is 0 Å². The molecule has 2 rings (SSSR count). The fourth-order valence-corrected chi connectivity index (χ4v) is 2.94. The fourth-order valence-electron chi connectivity index (χ4n) is 2.94. The molecular formula is C16H24N2O. The summed E-state index contributed by atoms with van der Waals surface area (Å²) in [6.07, 6.45) is 0.630. The first-order chi connectivity index (χ1) is 9.08. The molecule has 0 bridgehead atoms. The van der Waals surface area contributed by atoms with Gasteiger partial charge in [-0.2, -0.15) is 0 Å². The Morgan fingerprint density at radius 3 is 2.32 bits per heavy atom. The van der Waals surface area contributed by atoms with E-state index in [9.17, 15) is 4.79 Å². The quantitative estimate of drug-likeness (QED) is 0.841. The Bertz CT molecular complexity index is 439. The zero-order chi connectivity index (χ0) is 13.8. The average Bonchev–Trinajstić information content (AvgIpc) is 2.36. The highest BCUT2D eigenvalue weighted by atomic mass is 16.1. The summed E-state index contributed by atoms with van der Waals surface area (Å²) >= 11 is 0. The molecule has 0 unspecified atom stereocenters. The van der Waals surface area contributed by atoms with E-state index in [1.807, 2.05) is 13.8 Å². The molecule has 3 nitrogen and oxygen atoms in total. The Morgan fingerprint density at radius 2 is 1.74 bits per heavy atom. The maximum atomic E-state index is 12.4. The van der Waals surface area contributed by atoms with Gasteiger partial charge in [-0.3, -0.25) is 4.79 Å². The minimum absolute atomic E-state index is 0.286. The van der Waals surface area contributed by atoms with Crippen LogP contribution in [-0.4, -0.2) is 43.4 Å². The fraction of sp³-hybridized carbons (Fsp3) is 0.562. The van der Waals surface area contributed by atoms with Crippen LogP contribution in [0.5, 0.6) is 0 Å². The third kappa shape index (κ3) is 3.64. The Labute approximate surface area is 116 Å². The number of carbonyl (C=O) groups is 1. The Kier molecular flexibility index (Phi) is 4.72. The highest BCUT2D eigenvalue weighted by Crippen LogP contribution is 2.18. The summed E-state index contributed by atoms with van der Waals surface area (Å²) in [5, 5.41) is 3.33. The van der Waals surface area contributed by atoms with Crippen molar-refractivity contribution in [1.29, 1.82) is 0 Å². The number of rotatable bonds is 4. The predicted octanol–water partition coefficient (Wildman–Crippen LogP) is 2.09. The maximum Gasteiger partial charge on any atom is 0.164 e. The first-order valence-corrected chi connectivity index (χ1v) is 7.12. The molecule has 1 aliphatic rings. The van der Waals surface area contributed by atoms with Crippen molar-refractivity contribution in [1.82, 2.24) is 10.2 Å². The van der Waals surface area contributed by atoms with Crippen molar-refractivity contribution < 1.29 is 4.79 Å². The van der Waals surface area contributed by atoms with Crippen LogP contribution in [0.25, 0.3) is 0 Å². The molecule has 19 heavy (non-hydrogen) atoms. The van der Waals surface area contributed by atoms with E-state index in [2.05, 4.69) is 29.3 Å². The number of ketones is 1. The molecule has 1 aromatic carbocycles. The van der Waals surface area contributed by atoms with E-state index >= 15 is 0 Å². The average molecular weight is 260 g/mol. The number of benzene rings is 1. The molecule has 0 radical (unpaired) electrons. The van der Waals surface area contributed by atoms with Gasteiger partial charge in [0.05, 0.1) is 0 Å². The van der Waals surface area contributed by atoms with E-state index in [1.165, 1.54) is 5.56 Å². The second-order valence-electron chi connectivity index (χ2n) is 5.54. The largest absolute Gasteiger partial charge is 0.314 e. The molecule has 0 spiro atoms. The first-order valence-electron chi connectivity index (χ1n) is 7.12. The van der Waals surface area contributed by atoms with Crippen molar-refractivity contribution in [2.24, 2.45) is 0 Å². The van der Waals surface area contributed by atoms with Crippen molar-refractivity contribution in [3.63, 3.8) is 0 Å². The third-order valence-electron chi connectivity index (χ3n) is 3.82. The second kappa shape index (κ2) is 6.31. The van der Waals surface area contributed by atoms with E-state index in [0.717, 1.165) is 49.4 Å². The van der Waals surface area contributed by atoms with Crippen molar-refractivity contribution >= 4 is 5.78 Å². The Hall–Kier alpha value is -1.19. The van der Waals surface area contributed by atoms with Gasteiger partial charge in [0.15, 0.2) is 5.78 Å². The molecule has 1 saturated heterocycles. The molecule has 0 aromatic heterocycles. The zero-order valence-electron chi connectivity index (χ0n) is 12.3. The van der Waals surface area contributed by atoms with Crippen molar-refractivity contribution in [2.45, 2.75) is 27.2 Å². The number of piperazine rings is 1. The highest BCUT2D eigenvalue weighted by Gasteiger charge is 2.15. The maximum absolute atomic E-state index is 12.4. The number of hydrogen-bond acceptors (Lipinski definition) is 3. The normalized spacial score (nSPS) is 16.6. The lowest BCUT2D eigenvalue weighted by Gasteiger charge is -2.26. The van der Waals surface area contributed by atoms with Crippen LogP contribution in [0, 0.1) is 20.8 Å². The smallest absolute Gasteiger partial charge is 0.164 e. The van der Waals surface area contributed by atoms with Gasteiger partial charge < -0.3 is 10.2 Å². The summed E-state index contributed by atoms with van der Waals surface area (Å²) in [7, 11) is 0. The topological polar surface area (TPSA) is 32.3 Å². The van der Waals surface area contributed by atoms with Crippen molar-refractivity contribution in [3.05, 3.63) is 34.4 Å². The van der Waals surface area contributed by atoms with Crippen LogP contribution in [0.3, 0.4) is 0 Å². The lowest BCUT2D eigenvalue weighted by atomic mass is 9.95. The molecule has 1 heterocycles. The summed E-state index contributed by atoms with van der Waals surface area (Å²) in [6, 6.07) is 4.20. The van der Waals surface area contributed by atoms with Gasteiger partial charge in [-0.15, -0.1) is 0 Å². The number of aryl methyl sites for hydroxylation is 3. The molecule has 0 saturated carbocycles. The number of hydrogen-bond donors (Lipinski definition) is 1. The summed E-state index contributed by atoms with van der Waals surface area (Å²) in [6.45, 7) is 11.2. The number of carbonyl (C=O) groups excluding carboxylic acids is 1. The van der Waals surface area contributed by atoms with E-state index in [4.69, 9.17) is 0 Å². The molecule has 0 atom stereocenters. The SMILES string of the molecule is Cc1cc(C)c(C(=O)CCN2CCNCC2)c(C)c1. The lowest BCUT2D eigenvalue weighted by molar-refractivity contribution is 0.0959. The van der Waals surface area contributed by atoms with Crippen LogP contribution in [-0.2, 0) is 0 Å². The molecule has 3 heteroatoms. The van der Waals surface area contributed by atoms with Gasteiger partial charge in [0, 0.05) is 44.7 Å². The third-order valence-corrected chi connectivity index (χ3v) is 3.82. The van der Waals surface area contributed by atoms with Gasteiger partial charge >= 0.3 is 0 Å². The number of Topliss-reactive ketones (excluding diaryl/α,β-unsaturated/α-hetero) is 1. The van der Waals surface area contributed by atoms with Gasteiger partial charge in [-0.05, 0) is 31.9 Å². The van der Waals surface area contributed by atoms with Crippen LogP contribution in [0.15, 0.2) is 12.1 Å². The first kappa shape index (κ1) is 14.2. The van der Waals surface area contributed by atoms with Crippen LogP contribution in [0.1, 0.15) is 33.5 Å². The summed E-state index contributed by atoms with van der Waals surface area (Å²) < 4.78 is 0. The minimum Gasteiger partial charge on any atom is -0.314 e. The van der Waals surface area contributed by atoms with E-state index in [-0.39, 0.29) is 5.78 Å². The number of nitrogens with one attached hydrogen (secondary N) is 1. The summed E-state index contributed by atoms with van der Waals surface area (Å²) in [5.41, 5.74) is 4.39. The van der Waals surface area contributed by atoms with E-state index < -0.39 is 0 Å². The molecule has 1 aromatic rings. The molecule has 1 aliphatic heterocycles. The van der Waals surface area contributed by atoms with Crippen LogP contribution < -0.4 is 5.32 Å². The second-order valence-corrected chi connectivity index (χ2v) is 5.54. The van der Waals surface area contributed by atoms with Gasteiger partial charge in [-0.25, -0.2) is 0 Å². The van der Waals surface area contributed by atoms with Crippen LogP contribution in [0.4, 0.5) is 0 Å². The molecule has 1 N–H and O–H groups in total. The molecule has 104 valence electrons. The molecule has 0 aliphatic carbocycles. The highest BCUT2D eigenvalue weighted by molar-refractivity contribution is 5.99. The monoisotopic (exact) mass is 260 g/mol.